The third-order valence-corrected chi connectivity index (χ3v) is 5.63. The van der Waals surface area contributed by atoms with E-state index in [1.807, 2.05) is 91.2 Å². The summed E-state index contributed by atoms with van der Waals surface area (Å²) in [5.74, 6) is -0.866. The lowest BCUT2D eigenvalue weighted by molar-refractivity contribution is -0.146. The number of anilines is 1. The Labute approximate surface area is 190 Å². The fraction of sp³-hybridized carbons (Fsp3) is 0.115. The van der Waals surface area contributed by atoms with Crippen molar-refractivity contribution in [2.75, 3.05) is 11.9 Å². The number of hydrogen-bond donors (Lipinski definition) is 1. The lowest BCUT2D eigenvalue weighted by atomic mass is 10.0. The van der Waals surface area contributed by atoms with Gasteiger partial charge in [0.15, 0.2) is 11.7 Å². The normalized spacial score (nSPS) is 10.5. The zero-order chi connectivity index (χ0) is 22.3. The second-order valence-corrected chi connectivity index (χ2v) is 8.21. The van der Waals surface area contributed by atoms with Gasteiger partial charge in [-0.25, -0.2) is 4.98 Å². The van der Waals surface area contributed by atoms with E-state index in [1.54, 1.807) is 0 Å². The van der Waals surface area contributed by atoms with E-state index in [-0.39, 0.29) is 13.0 Å². The van der Waals surface area contributed by atoms with Crippen molar-refractivity contribution in [3.05, 3.63) is 95.4 Å². The van der Waals surface area contributed by atoms with Crippen LogP contribution in [0.2, 0.25) is 0 Å². The Balaban J connectivity index is 1.25. The fourth-order valence-corrected chi connectivity index (χ4v) is 3.89. The Morgan fingerprint density at radius 1 is 0.875 bits per heavy atom. The molecule has 0 unspecified atom stereocenters. The first-order chi connectivity index (χ1) is 15.6. The van der Waals surface area contributed by atoms with Crippen LogP contribution in [0.15, 0.2) is 84.2 Å². The molecule has 0 saturated heterocycles. The predicted octanol–water partition coefficient (Wildman–Crippen LogP) is 5.51. The molecule has 4 aromatic rings. The molecule has 5 nitrogen and oxygen atoms in total. The Kier molecular flexibility index (Phi) is 6.72. The Bertz CT molecular complexity index is 1200. The van der Waals surface area contributed by atoms with Crippen LogP contribution in [-0.4, -0.2) is 23.5 Å². The van der Waals surface area contributed by atoms with E-state index in [0.717, 1.165) is 27.9 Å². The monoisotopic (exact) mass is 442 g/mol. The summed E-state index contributed by atoms with van der Waals surface area (Å²) in [7, 11) is 0. The number of aryl methyl sites for hydroxylation is 1. The molecular formula is C26H22N2O3S. The number of rotatable bonds is 7. The average molecular weight is 443 g/mol. The van der Waals surface area contributed by atoms with E-state index >= 15 is 0 Å². The fourth-order valence-electron chi connectivity index (χ4n) is 3.15. The molecule has 1 heterocycles. The maximum absolute atomic E-state index is 12.1. The molecule has 0 aliphatic heterocycles. The molecule has 0 aliphatic carbocycles. The van der Waals surface area contributed by atoms with Crippen molar-refractivity contribution in [1.29, 1.82) is 0 Å². The van der Waals surface area contributed by atoms with E-state index in [4.69, 9.17) is 4.74 Å². The van der Waals surface area contributed by atoms with Gasteiger partial charge in [0, 0.05) is 10.9 Å². The van der Waals surface area contributed by atoms with Gasteiger partial charge in [0.05, 0.1) is 12.1 Å². The molecule has 4 rings (SSSR count). The van der Waals surface area contributed by atoms with E-state index in [0.29, 0.717) is 5.13 Å². The second kappa shape index (κ2) is 10.0. The van der Waals surface area contributed by atoms with Crippen LogP contribution in [0.3, 0.4) is 0 Å². The van der Waals surface area contributed by atoms with Gasteiger partial charge >= 0.3 is 5.97 Å². The maximum atomic E-state index is 12.1. The highest BCUT2D eigenvalue weighted by atomic mass is 32.1. The molecule has 0 atom stereocenters. The number of benzene rings is 3. The number of nitrogens with one attached hydrogen (secondary N) is 1. The van der Waals surface area contributed by atoms with Crippen molar-refractivity contribution >= 4 is 28.3 Å². The smallest absolute Gasteiger partial charge is 0.310 e. The van der Waals surface area contributed by atoms with Crippen molar-refractivity contribution in [3.8, 4) is 22.4 Å². The Hall–Kier alpha value is -3.77. The van der Waals surface area contributed by atoms with Crippen molar-refractivity contribution in [3.63, 3.8) is 0 Å². The minimum atomic E-state index is -0.452. The Morgan fingerprint density at radius 2 is 1.53 bits per heavy atom. The number of esters is 1. The molecule has 32 heavy (non-hydrogen) atoms. The van der Waals surface area contributed by atoms with Gasteiger partial charge < -0.3 is 4.74 Å². The molecule has 1 amide bonds. The predicted molar refractivity (Wildman–Crippen MR) is 127 cm³/mol. The SMILES string of the molecule is Cc1ccc(-c2csc(NC(=O)COC(=O)Cc3ccc(-c4ccccc4)cc3)n2)cc1. The second-order valence-electron chi connectivity index (χ2n) is 7.35. The molecule has 0 saturated carbocycles. The zero-order valence-electron chi connectivity index (χ0n) is 17.6. The summed E-state index contributed by atoms with van der Waals surface area (Å²) < 4.78 is 5.13. The van der Waals surface area contributed by atoms with Crippen LogP contribution in [0.25, 0.3) is 22.4 Å². The summed E-state index contributed by atoms with van der Waals surface area (Å²) in [6.45, 7) is 1.68. The van der Waals surface area contributed by atoms with Gasteiger partial charge in [0.2, 0.25) is 0 Å². The number of ether oxygens (including phenoxy) is 1. The van der Waals surface area contributed by atoms with Crippen molar-refractivity contribution in [2.45, 2.75) is 13.3 Å². The van der Waals surface area contributed by atoms with Crippen LogP contribution < -0.4 is 5.32 Å². The lowest BCUT2D eigenvalue weighted by Gasteiger charge is -2.06. The summed E-state index contributed by atoms with van der Waals surface area (Å²) in [6, 6.07) is 25.8. The highest BCUT2D eigenvalue weighted by Crippen LogP contribution is 2.25. The molecule has 0 radical (unpaired) electrons. The van der Waals surface area contributed by atoms with E-state index in [2.05, 4.69) is 10.3 Å². The number of nitrogens with zero attached hydrogens (tertiary/aromatic N) is 1. The Morgan fingerprint density at radius 3 is 2.25 bits per heavy atom. The number of amides is 1. The van der Waals surface area contributed by atoms with Gasteiger partial charge in [0.1, 0.15) is 0 Å². The molecule has 0 fully saturated rings. The van der Waals surface area contributed by atoms with Gasteiger partial charge in [0.25, 0.3) is 5.91 Å². The van der Waals surface area contributed by atoms with Crippen molar-refractivity contribution in [1.82, 2.24) is 4.98 Å². The van der Waals surface area contributed by atoms with Crippen LogP contribution >= 0.6 is 11.3 Å². The zero-order valence-corrected chi connectivity index (χ0v) is 18.4. The highest BCUT2D eigenvalue weighted by molar-refractivity contribution is 7.14. The topological polar surface area (TPSA) is 68.3 Å². The molecule has 0 bridgehead atoms. The number of carbonyl (C=O) groups excluding carboxylic acids is 2. The van der Waals surface area contributed by atoms with Gasteiger partial charge in [-0.15, -0.1) is 11.3 Å². The summed E-state index contributed by atoms with van der Waals surface area (Å²) in [5, 5.41) is 5.03. The summed E-state index contributed by atoms with van der Waals surface area (Å²) in [6.07, 6.45) is 0.108. The quantitative estimate of drug-likeness (QED) is 0.383. The van der Waals surface area contributed by atoms with Gasteiger partial charge in [-0.05, 0) is 23.6 Å². The third kappa shape index (κ3) is 5.68. The maximum Gasteiger partial charge on any atom is 0.310 e. The average Bonchev–Trinajstić information content (AvgIpc) is 3.27. The van der Waals surface area contributed by atoms with E-state index in [1.165, 1.54) is 16.9 Å². The van der Waals surface area contributed by atoms with Gasteiger partial charge in [-0.2, -0.15) is 0 Å². The first-order valence-electron chi connectivity index (χ1n) is 10.2. The van der Waals surface area contributed by atoms with Crippen LogP contribution in [0.4, 0.5) is 5.13 Å². The standard InChI is InChI=1S/C26H22N2O3S/c1-18-7-11-22(12-8-18)23-17-32-26(27-23)28-24(29)16-31-25(30)15-19-9-13-21(14-10-19)20-5-3-2-4-6-20/h2-14,17H,15-16H2,1H3,(H,27,28,29). The van der Waals surface area contributed by atoms with Crippen molar-refractivity contribution < 1.29 is 14.3 Å². The molecule has 3 aromatic carbocycles. The molecule has 0 spiro atoms. The number of thiazole rings is 1. The summed E-state index contributed by atoms with van der Waals surface area (Å²) in [4.78, 5) is 28.7. The summed E-state index contributed by atoms with van der Waals surface area (Å²) >= 11 is 1.33. The van der Waals surface area contributed by atoms with Crippen LogP contribution in [-0.2, 0) is 20.7 Å². The number of aromatic nitrogens is 1. The van der Waals surface area contributed by atoms with Crippen LogP contribution in [0, 0.1) is 6.92 Å². The van der Waals surface area contributed by atoms with Crippen LogP contribution in [0.5, 0.6) is 0 Å². The van der Waals surface area contributed by atoms with Gasteiger partial charge in [-0.3, -0.25) is 14.9 Å². The van der Waals surface area contributed by atoms with E-state index in [9.17, 15) is 9.59 Å². The molecular weight excluding hydrogens is 420 g/mol. The minimum Gasteiger partial charge on any atom is -0.455 e. The number of hydrogen-bond acceptors (Lipinski definition) is 5. The van der Waals surface area contributed by atoms with Crippen molar-refractivity contribution in [2.24, 2.45) is 0 Å². The highest BCUT2D eigenvalue weighted by Gasteiger charge is 2.12. The summed E-state index contributed by atoms with van der Waals surface area (Å²) in [5.41, 5.74) is 5.98. The molecule has 1 aromatic heterocycles. The van der Waals surface area contributed by atoms with E-state index < -0.39 is 11.9 Å². The first kappa shape index (κ1) is 21.5. The molecule has 6 heteroatoms. The first-order valence-corrected chi connectivity index (χ1v) is 11.1. The lowest BCUT2D eigenvalue weighted by Crippen LogP contribution is -2.21. The number of carbonyl (C=O) groups is 2. The van der Waals surface area contributed by atoms with Gasteiger partial charge in [-0.1, -0.05) is 84.4 Å². The van der Waals surface area contributed by atoms with Crippen LogP contribution in [0.1, 0.15) is 11.1 Å². The largest absolute Gasteiger partial charge is 0.455 e. The molecule has 1 N–H and O–H groups in total. The third-order valence-electron chi connectivity index (χ3n) is 4.87. The molecule has 160 valence electrons. The molecule has 0 aliphatic rings. The minimum absolute atomic E-state index is 0.108.